The van der Waals surface area contributed by atoms with Gasteiger partial charge in [0.25, 0.3) is 0 Å². The van der Waals surface area contributed by atoms with Crippen LogP contribution in [-0.4, -0.2) is 38.1 Å². The zero-order chi connectivity index (χ0) is 26.3. The molecular weight excluding hydrogens is 457 g/mol. The summed E-state index contributed by atoms with van der Waals surface area (Å²) in [5.74, 6) is 1.03. The van der Waals surface area contributed by atoms with Crippen molar-refractivity contribution in [3.8, 4) is 11.1 Å². The zero-order valence-electron chi connectivity index (χ0n) is 22.1. The number of hydrogen-bond donors (Lipinski definition) is 0. The Hall–Kier alpha value is -2.79. The van der Waals surface area contributed by atoms with Crippen molar-refractivity contribution >= 4 is 5.69 Å². The predicted octanol–water partition coefficient (Wildman–Crippen LogP) is 8.45. The first-order valence-corrected chi connectivity index (χ1v) is 12.9. The monoisotopic (exact) mass is 496 g/mol. The van der Waals surface area contributed by atoms with Crippen LogP contribution in [0.4, 0.5) is 18.9 Å². The number of rotatable bonds is 5. The van der Waals surface area contributed by atoms with Crippen LogP contribution in [0.3, 0.4) is 0 Å². The second-order valence-corrected chi connectivity index (χ2v) is 9.98. The van der Waals surface area contributed by atoms with E-state index in [0.717, 1.165) is 24.7 Å². The van der Waals surface area contributed by atoms with E-state index in [0.29, 0.717) is 17.4 Å². The van der Waals surface area contributed by atoms with Gasteiger partial charge >= 0.3 is 6.18 Å². The molecule has 0 radical (unpaired) electrons. The number of para-hydroxylation sites is 1. The van der Waals surface area contributed by atoms with Crippen LogP contribution >= 0.6 is 0 Å². The van der Waals surface area contributed by atoms with Gasteiger partial charge in [-0.1, -0.05) is 88.4 Å². The van der Waals surface area contributed by atoms with E-state index >= 15 is 0 Å². The van der Waals surface area contributed by atoms with Crippen molar-refractivity contribution in [1.82, 2.24) is 4.90 Å². The molecular formula is C31H39F3N2. The summed E-state index contributed by atoms with van der Waals surface area (Å²) in [6.07, 6.45) is -3.11. The van der Waals surface area contributed by atoms with Crippen molar-refractivity contribution in [3.05, 3.63) is 89.5 Å². The molecule has 4 rings (SSSR count). The molecule has 3 aromatic carbocycles. The largest absolute Gasteiger partial charge is 0.417 e. The van der Waals surface area contributed by atoms with Gasteiger partial charge in [-0.05, 0) is 59.7 Å². The highest BCUT2D eigenvalue weighted by Crippen LogP contribution is 2.37. The highest BCUT2D eigenvalue weighted by molar-refractivity contribution is 5.68. The van der Waals surface area contributed by atoms with Crippen LogP contribution in [0.25, 0.3) is 11.1 Å². The minimum absolute atomic E-state index is 0.227. The Balaban J connectivity index is 0.000000202. The van der Waals surface area contributed by atoms with Crippen LogP contribution in [0.2, 0.25) is 0 Å². The standard InChI is InChI=1S/C16H15F3.C15H24N2/c1-11(2)12-7-9-13(10-8-12)14-5-3-4-6-15(14)16(17,18)19;1-4-13(2)14-7-5-6-8-15(14)17-11-9-16(3)10-12-17/h3-11H,1-2H3;5-8,13H,4,9-12H2,1-3H3. The molecule has 0 amide bonds. The summed E-state index contributed by atoms with van der Waals surface area (Å²) in [4.78, 5) is 4.95. The molecule has 2 nitrogen and oxygen atoms in total. The molecule has 0 aliphatic carbocycles. The molecule has 1 fully saturated rings. The molecule has 0 saturated carbocycles. The number of likely N-dealkylation sites (N-methyl/N-ethyl adjacent to an activating group) is 1. The topological polar surface area (TPSA) is 6.48 Å². The van der Waals surface area contributed by atoms with Crippen molar-refractivity contribution in [3.63, 3.8) is 0 Å². The van der Waals surface area contributed by atoms with Gasteiger partial charge in [0, 0.05) is 31.9 Å². The molecule has 0 aromatic heterocycles. The summed E-state index contributed by atoms with van der Waals surface area (Å²) in [5.41, 5.74) is 4.32. The fraction of sp³-hybridized carbons (Fsp3) is 0.419. The highest BCUT2D eigenvalue weighted by Gasteiger charge is 2.33. The fourth-order valence-corrected chi connectivity index (χ4v) is 4.49. The zero-order valence-corrected chi connectivity index (χ0v) is 22.1. The van der Waals surface area contributed by atoms with Crippen molar-refractivity contribution < 1.29 is 13.2 Å². The predicted molar refractivity (Wildman–Crippen MR) is 146 cm³/mol. The molecule has 3 aromatic rings. The normalized spacial score (nSPS) is 15.4. The number of anilines is 1. The third-order valence-corrected chi connectivity index (χ3v) is 7.04. The third kappa shape index (κ3) is 7.13. The van der Waals surface area contributed by atoms with Gasteiger partial charge < -0.3 is 9.80 Å². The van der Waals surface area contributed by atoms with E-state index in [1.165, 1.54) is 42.9 Å². The Morgan fingerprint density at radius 1 is 0.778 bits per heavy atom. The van der Waals surface area contributed by atoms with Crippen LogP contribution < -0.4 is 4.90 Å². The van der Waals surface area contributed by atoms with Crippen molar-refractivity contribution in [2.45, 2.75) is 52.1 Å². The lowest BCUT2D eigenvalue weighted by molar-refractivity contribution is -0.137. The Morgan fingerprint density at radius 3 is 1.94 bits per heavy atom. The maximum atomic E-state index is 12.9. The lowest BCUT2D eigenvalue weighted by atomic mass is 9.96. The highest BCUT2D eigenvalue weighted by atomic mass is 19.4. The minimum Gasteiger partial charge on any atom is -0.369 e. The number of benzene rings is 3. The first-order valence-electron chi connectivity index (χ1n) is 12.9. The van der Waals surface area contributed by atoms with E-state index in [4.69, 9.17) is 0 Å². The van der Waals surface area contributed by atoms with Crippen LogP contribution in [0.5, 0.6) is 0 Å². The summed E-state index contributed by atoms with van der Waals surface area (Å²) in [7, 11) is 2.21. The van der Waals surface area contributed by atoms with Crippen LogP contribution in [0.1, 0.15) is 62.6 Å². The number of hydrogen-bond acceptors (Lipinski definition) is 2. The molecule has 5 heteroatoms. The summed E-state index contributed by atoms with van der Waals surface area (Å²) in [5, 5.41) is 0. The summed E-state index contributed by atoms with van der Waals surface area (Å²) < 4.78 is 38.8. The van der Waals surface area contributed by atoms with E-state index in [2.05, 4.69) is 68.8 Å². The smallest absolute Gasteiger partial charge is 0.369 e. The second kappa shape index (κ2) is 12.4. The maximum Gasteiger partial charge on any atom is 0.417 e. The summed E-state index contributed by atoms with van der Waals surface area (Å²) >= 11 is 0. The molecule has 1 heterocycles. The van der Waals surface area contributed by atoms with Gasteiger partial charge in [-0.3, -0.25) is 0 Å². The maximum absolute atomic E-state index is 12.9. The van der Waals surface area contributed by atoms with E-state index in [1.54, 1.807) is 18.2 Å². The van der Waals surface area contributed by atoms with Gasteiger partial charge in [0.1, 0.15) is 0 Å². The van der Waals surface area contributed by atoms with Crippen molar-refractivity contribution in [2.75, 3.05) is 38.1 Å². The summed E-state index contributed by atoms with van der Waals surface area (Å²) in [6, 6.07) is 21.8. The van der Waals surface area contributed by atoms with Gasteiger partial charge in [-0.15, -0.1) is 0 Å². The van der Waals surface area contributed by atoms with Crippen molar-refractivity contribution in [2.24, 2.45) is 0 Å². The SMILES string of the molecule is CC(C)c1ccc(-c2ccccc2C(F)(F)F)cc1.CCC(C)c1ccccc1N1CCN(C)CC1. The van der Waals surface area contributed by atoms with E-state index in [1.807, 2.05) is 12.1 Å². The molecule has 1 aliphatic rings. The first-order chi connectivity index (χ1) is 17.1. The Labute approximate surface area is 214 Å². The van der Waals surface area contributed by atoms with Gasteiger partial charge in [0.05, 0.1) is 5.56 Å². The fourth-order valence-electron chi connectivity index (χ4n) is 4.49. The third-order valence-electron chi connectivity index (χ3n) is 7.04. The number of piperazine rings is 1. The molecule has 1 unspecified atom stereocenters. The molecule has 1 atom stereocenters. The van der Waals surface area contributed by atoms with Gasteiger partial charge in [0.15, 0.2) is 0 Å². The van der Waals surface area contributed by atoms with E-state index in [9.17, 15) is 13.2 Å². The molecule has 194 valence electrons. The van der Waals surface area contributed by atoms with E-state index in [-0.39, 0.29) is 5.56 Å². The first kappa shape index (κ1) is 27.8. The van der Waals surface area contributed by atoms with Crippen LogP contribution in [0, 0.1) is 0 Å². The summed E-state index contributed by atoms with van der Waals surface area (Å²) in [6.45, 7) is 13.4. The number of halogens is 3. The average molecular weight is 497 g/mol. The van der Waals surface area contributed by atoms with Crippen LogP contribution in [0.15, 0.2) is 72.8 Å². The molecule has 36 heavy (non-hydrogen) atoms. The molecule has 1 saturated heterocycles. The quantitative estimate of drug-likeness (QED) is 0.350. The lowest BCUT2D eigenvalue weighted by Gasteiger charge is -2.35. The minimum atomic E-state index is -4.33. The van der Waals surface area contributed by atoms with Gasteiger partial charge in [-0.25, -0.2) is 0 Å². The van der Waals surface area contributed by atoms with E-state index < -0.39 is 11.7 Å². The molecule has 1 aliphatic heterocycles. The van der Waals surface area contributed by atoms with Gasteiger partial charge in [-0.2, -0.15) is 13.2 Å². The van der Waals surface area contributed by atoms with Gasteiger partial charge in [0.2, 0.25) is 0 Å². The second-order valence-electron chi connectivity index (χ2n) is 9.98. The molecule has 0 spiro atoms. The Kier molecular flexibility index (Phi) is 9.61. The average Bonchev–Trinajstić information content (AvgIpc) is 2.88. The van der Waals surface area contributed by atoms with Crippen LogP contribution in [-0.2, 0) is 6.18 Å². The Morgan fingerprint density at radius 2 is 1.36 bits per heavy atom. The van der Waals surface area contributed by atoms with Crippen molar-refractivity contribution in [1.29, 1.82) is 0 Å². The Bertz CT molecular complexity index is 1080. The lowest BCUT2D eigenvalue weighted by Crippen LogP contribution is -2.44. The number of nitrogens with zero attached hydrogens (tertiary/aromatic N) is 2. The molecule has 0 bridgehead atoms. The number of alkyl halides is 3. The molecule has 0 N–H and O–H groups in total.